The van der Waals surface area contributed by atoms with Gasteiger partial charge in [-0.3, -0.25) is 9.69 Å². The fraction of sp³-hybridized carbons (Fsp3) is 0.588. The number of nitrogens with one attached hydrogen (secondary N) is 1. The Hall–Kier alpha value is -1.59. The van der Waals surface area contributed by atoms with E-state index in [1.54, 1.807) is 0 Å². The Bertz CT molecular complexity index is 441. The molecule has 122 valence electrons. The summed E-state index contributed by atoms with van der Waals surface area (Å²) in [5.41, 5.74) is 1.29. The van der Waals surface area contributed by atoms with Crippen LogP contribution in [-0.2, 0) is 4.79 Å². The molecule has 0 atom stereocenters. The summed E-state index contributed by atoms with van der Waals surface area (Å²) < 4.78 is 0. The van der Waals surface area contributed by atoms with Gasteiger partial charge >= 0.3 is 0 Å². The van der Waals surface area contributed by atoms with Crippen molar-refractivity contribution in [2.75, 3.05) is 64.8 Å². The van der Waals surface area contributed by atoms with Crippen molar-refractivity contribution >= 4 is 11.6 Å². The summed E-state index contributed by atoms with van der Waals surface area (Å²) in [6.45, 7) is 6.60. The molecule has 22 heavy (non-hydrogen) atoms. The van der Waals surface area contributed by atoms with Crippen molar-refractivity contribution in [3.63, 3.8) is 0 Å². The highest BCUT2D eigenvalue weighted by Crippen LogP contribution is 2.15. The molecule has 1 amide bonds. The fourth-order valence-electron chi connectivity index (χ4n) is 2.64. The maximum absolute atomic E-state index is 11.8. The van der Waals surface area contributed by atoms with Crippen molar-refractivity contribution in [3.8, 4) is 0 Å². The van der Waals surface area contributed by atoms with Crippen LogP contribution in [0.25, 0.3) is 0 Å². The van der Waals surface area contributed by atoms with Crippen LogP contribution in [0.3, 0.4) is 0 Å². The topological polar surface area (TPSA) is 38.8 Å². The summed E-state index contributed by atoms with van der Waals surface area (Å²) in [5, 5.41) is 2.97. The molecule has 5 heteroatoms. The first kappa shape index (κ1) is 16.8. The number of nitrogens with zero attached hydrogens (tertiary/aromatic N) is 3. The van der Waals surface area contributed by atoms with Crippen LogP contribution >= 0.6 is 0 Å². The second-order valence-corrected chi connectivity index (χ2v) is 6.07. The zero-order valence-corrected chi connectivity index (χ0v) is 13.8. The molecular formula is C17H28N4O. The monoisotopic (exact) mass is 304 g/mol. The van der Waals surface area contributed by atoms with E-state index in [1.807, 2.05) is 14.1 Å². The number of rotatable bonds is 7. The van der Waals surface area contributed by atoms with Crippen molar-refractivity contribution in [3.05, 3.63) is 30.3 Å². The summed E-state index contributed by atoms with van der Waals surface area (Å²) in [5.74, 6) is 0.160. The number of carbonyl (C=O) groups is 1. The minimum Gasteiger partial charge on any atom is -0.369 e. The van der Waals surface area contributed by atoms with Crippen molar-refractivity contribution in [2.45, 2.75) is 6.42 Å². The average Bonchev–Trinajstić information content (AvgIpc) is 2.54. The molecule has 1 aromatic carbocycles. The summed E-state index contributed by atoms with van der Waals surface area (Å²) in [7, 11) is 4.02. The van der Waals surface area contributed by atoms with Crippen molar-refractivity contribution in [2.24, 2.45) is 0 Å². The lowest BCUT2D eigenvalue weighted by molar-refractivity contribution is -0.121. The van der Waals surface area contributed by atoms with Gasteiger partial charge in [-0.2, -0.15) is 0 Å². The van der Waals surface area contributed by atoms with Crippen LogP contribution < -0.4 is 10.2 Å². The van der Waals surface area contributed by atoms with E-state index in [4.69, 9.17) is 0 Å². The van der Waals surface area contributed by atoms with E-state index in [9.17, 15) is 4.79 Å². The quantitative estimate of drug-likeness (QED) is 0.811. The van der Waals surface area contributed by atoms with Gasteiger partial charge in [0, 0.05) is 57.9 Å². The Labute approximate surface area is 133 Å². The molecule has 1 N–H and O–H groups in total. The van der Waals surface area contributed by atoms with E-state index in [2.05, 4.69) is 50.3 Å². The normalized spacial score (nSPS) is 16.0. The zero-order chi connectivity index (χ0) is 15.8. The predicted molar refractivity (Wildman–Crippen MR) is 91.3 cm³/mol. The number of anilines is 1. The highest BCUT2D eigenvalue weighted by molar-refractivity contribution is 5.76. The maximum atomic E-state index is 11.8. The van der Waals surface area contributed by atoms with Gasteiger partial charge in [-0.05, 0) is 26.2 Å². The third kappa shape index (κ3) is 5.66. The molecule has 1 heterocycles. The summed E-state index contributed by atoms with van der Waals surface area (Å²) in [6.07, 6.45) is 0.596. The van der Waals surface area contributed by atoms with Crippen LogP contribution in [0.4, 0.5) is 5.69 Å². The molecule has 1 saturated heterocycles. The number of hydrogen-bond donors (Lipinski definition) is 1. The Kier molecular flexibility index (Phi) is 6.68. The van der Waals surface area contributed by atoms with Crippen molar-refractivity contribution < 1.29 is 4.79 Å². The van der Waals surface area contributed by atoms with E-state index in [-0.39, 0.29) is 5.91 Å². The van der Waals surface area contributed by atoms with Crippen LogP contribution in [0.15, 0.2) is 30.3 Å². The minimum atomic E-state index is 0.160. The Balaban J connectivity index is 1.62. The van der Waals surface area contributed by atoms with E-state index in [0.717, 1.165) is 45.8 Å². The second-order valence-electron chi connectivity index (χ2n) is 6.07. The first-order chi connectivity index (χ1) is 10.6. The van der Waals surface area contributed by atoms with Crippen LogP contribution in [-0.4, -0.2) is 75.6 Å². The number of likely N-dealkylation sites (N-methyl/N-ethyl adjacent to an activating group) is 1. The van der Waals surface area contributed by atoms with Gasteiger partial charge in [0.1, 0.15) is 0 Å². The second kappa shape index (κ2) is 8.76. The lowest BCUT2D eigenvalue weighted by atomic mass is 10.2. The third-order valence-corrected chi connectivity index (χ3v) is 4.03. The van der Waals surface area contributed by atoms with Gasteiger partial charge in [0.05, 0.1) is 0 Å². The number of benzene rings is 1. The highest BCUT2D eigenvalue weighted by Gasteiger charge is 2.17. The van der Waals surface area contributed by atoms with E-state index >= 15 is 0 Å². The lowest BCUT2D eigenvalue weighted by Gasteiger charge is -2.36. The molecule has 0 unspecified atom stereocenters. The highest BCUT2D eigenvalue weighted by atomic mass is 16.1. The van der Waals surface area contributed by atoms with Gasteiger partial charge in [0.25, 0.3) is 0 Å². The first-order valence-electron chi connectivity index (χ1n) is 8.09. The number of hydrogen-bond acceptors (Lipinski definition) is 4. The maximum Gasteiger partial charge on any atom is 0.221 e. The molecule has 5 nitrogen and oxygen atoms in total. The van der Waals surface area contributed by atoms with E-state index < -0.39 is 0 Å². The number of para-hydroxylation sites is 1. The van der Waals surface area contributed by atoms with Gasteiger partial charge in [0.2, 0.25) is 5.91 Å². The summed E-state index contributed by atoms with van der Waals surface area (Å²) in [6, 6.07) is 10.5. The standard InChI is InChI=1S/C17H28N4O/c1-19(2)11-9-18-17(22)8-10-20-12-14-21(15-13-20)16-6-4-3-5-7-16/h3-7H,8-15H2,1-2H3,(H,18,22). The molecule has 2 rings (SSSR count). The molecule has 1 fully saturated rings. The van der Waals surface area contributed by atoms with Gasteiger partial charge in [0.15, 0.2) is 0 Å². The van der Waals surface area contributed by atoms with Gasteiger partial charge < -0.3 is 15.1 Å². The predicted octanol–water partition coefficient (Wildman–Crippen LogP) is 0.877. The van der Waals surface area contributed by atoms with Crippen LogP contribution in [0.1, 0.15) is 6.42 Å². The Morgan fingerprint density at radius 2 is 1.82 bits per heavy atom. The molecule has 0 bridgehead atoms. The van der Waals surface area contributed by atoms with Crippen LogP contribution in [0.2, 0.25) is 0 Å². The summed E-state index contributed by atoms with van der Waals surface area (Å²) in [4.78, 5) is 18.6. The molecule has 0 aliphatic carbocycles. The summed E-state index contributed by atoms with van der Waals surface area (Å²) >= 11 is 0. The average molecular weight is 304 g/mol. The van der Waals surface area contributed by atoms with Gasteiger partial charge in [-0.1, -0.05) is 18.2 Å². The third-order valence-electron chi connectivity index (χ3n) is 4.03. The fourth-order valence-corrected chi connectivity index (χ4v) is 2.64. The molecule has 0 radical (unpaired) electrons. The van der Waals surface area contributed by atoms with Gasteiger partial charge in [-0.25, -0.2) is 0 Å². The largest absolute Gasteiger partial charge is 0.369 e. The Morgan fingerprint density at radius 1 is 1.14 bits per heavy atom. The molecule has 0 aromatic heterocycles. The molecule has 1 aliphatic rings. The molecule has 1 aliphatic heterocycles. The molecule has 0 spiro atoms. The number of amides is 1. The van der Waals surface area contributed by atoms with E-state index in [0.29, 0.717) is 6.42 Å². The van der Waals surface area contributed by atoms with Crippen LogP contribution in [0, 0.1) is 0 Å². The van der Waals surface area contributed by atoms with Crippen molar-refractivity contribution in [1.82, 2.24) is 15.1 Å². The van der Waals surface area contributed by atoms with E-state index in [1.165, 1.54) is 5.69 Å². The van der Waals surface area contributed by atoms with Gasteiger partial charge in [-0.15, -0.1) is 0 Å². The first-order valence-corrected chi connectivity index (χ1v) is 8.09. The van der Waals surface area contributed by atoms with Crippen LogP contribution in [0.5, 0.6) is 0 Å². The lowest BCUT2D eigenvalue weighted by Crippen LogP contribution is -2.47. The molecular weight excluding hydrogens is 276 g/mol. The minimum absolute atomic E-state index is 0.160. The SMILES string of the molecule is CN(C)CCNC(=O)CCN1CCN(c2ccccc2)CC1. The molecule has 0 saturated carbocycles. The number of piperazine rings is 1. The Morgan fingerprint density at radius 3 is 2.45 bits per heavy atom. The number of carbonyl (C=O) groups excluding carboxylic acids is 1. The van der Waals surface area contributed by atoms with Crippen molar-refractivity contribution in [1.29, 1.82) is 0 Å². The zero-order valence-electron chi connectivity index (χ0n) is 13.8. The smallest absolute Gasteiger partial charge is 0.221 e. The molecule has 1 aromatic rings.